The molecule has 1 aromatic rings. The molecule has 3 rings (SSSR count). The third-order valence-corrected chi connectivity index (χ3v) is 6.89. The number of nitriles is 1. The van der Waals surface area contributed by atoms with E-state index >= 15 is 0 Å². The molecule has 162 valence electrons. The summed E-state index contributed by atoms with van der Waals surface area (Å²) in [5.74, 6) is -0.0680. The van der Waals surface area contributed by atoms with Crippen LogP contribution in [0.5, 0.6) is 0 Å². The standard InChI is InChI=1S/C24H34N4O2/c1-2-23(29)20-4-3-5-21(16-20)28-14-12-27(13-15-28)11-10-18-6-8-19(9-7-18)22(17-25)24(26)30/h3-5,16,18-19,22H,2,6-15H2,1H3,(H2,26,30). The predicted molar refractivity (Wildman–Crippen MR) is 118 cm³/mol. The molecule has 6 nitrogen and oxygen atoms in total. The van der Waals surface area contributed by atoms with Crippen molar-refractivity contribution in [2.24, 2.45) is 23.5 Å². The molecule has 1 heterocycles. The zero-order valence-corrected chi connectivity index (χ0v) is 18.1. The Morgan fingerprint density at radius 2 is 1.87 bits per heavy atom. The Morgan fingerprint density at radius 1 is 1.17 bits per heavy atom. The number of rotatable bonds is 8. The van der Waals surface area contributed by atoms with Crippen molar-refractivity contribution in [3.63, 3.8) is 0 Å². The number of nitrogens with zero attached hydrogens (tertiary/aromatic N) is 3. The lowest BCUT2D eigenvalue weighted by molar-refractivity contribution is -0.122. The average Bonchev–Trinajstić information content (AvgIpc) is 2.78. The highest BCUT2D eigenvalue weighted by Crippen LogP contribution is 2.35. The lowest BCUT2D eigenvalue weighted by Gasteiger charge is -2.37. The molecule has 0 spiro atoms. The molecule has 1 atom stereocenters. The van der Waals surface area contributed by atoms with E-state index in [0.717, 1.165) is 69.7 Å². The van der Waals surface area contributed by atoms with Crippen molar-refractivity contribution in [3.05, 3.63) is 29.8 Å². The quantitative estimate of drug-likeness (QED) is 0.665. The molecule has 1 amide bonds. The SMILES string of the molecule is CCC(=O)c1cccc(N2CCN(CCC3CCC(C(C#N)C(N)=O)CC3)CC2)c1. The van der Waals surface area contributed by atoms with Gasteiger partial charge in [-0.2, -0.15) is 5.26 Å². The van der Waals surface area contributed by atoms with Crippen LogP contribution in [-0.4, -0.2) is 49.3 Å². The zero-order chi connectivity index (χ0) is 21.5. The second-order valence-electron chi connectivity index (χ2n) is 8.73. The van der Waals surface area contributed by atoms with Gasteiger partial charge < -0.3 is 10.6 Å². The molecule has 1 aliphatic carbocycles. The lowest BCUT2D eigenvalue weighted by atomic mass is 9.75. The van der Waals surface area contributed by atoms with Gasteiger partial charge in [0.2, 0.25) is 5.91 Å². The minimum atomic E-state index is -0.620. The molecule has 2 aliphatic rings. The Kier molecular flexibility index (Phi) is 7.87. The average molecular weight is 411 g/mol. The Morgan fingerprint density at radius 3 is 2.47 bits per heavy atom. The van der Waals surface area contributed by atoms with Gasteiger partial charge in [0, 0.05) is 43.9 Å². The zero-order valence-electron chi connectivity index (χ0n) is 18.1. The van der Waals surface area contributed by atoms with Crippen LogP contribution in [-0.2, 0) is 4.79 Å². The third kappa shape index (κ3) is 5.60. The molecule has 2 fully saturated rings. The summed E-state index contributed by atoms with van der Waals surface area (Å²) in [5, 5.41) is 9.17. The molecule has 0 aromatic heterocycles. The topological polar surface area (TPSA) is 90.4 Å². The highest BCUT2D eigenvalue weighted by atomic mass is 16.1. The molecular formula is C24H34N4O2. The van der Waals surface area contributed by atoms with E-state index in [1.807, 2.05) is 25.1 Å². The minimum Gasteiger partial charge on any atom is -0.369 e. The summed E-state index contributed by atoms with van der Waals surface area (Å²) in [6.45, 7) is 7.06. The number of nitrogens with two attached hydrogens (primary N) is 1. The lowest BCUT2D eigenvalue weighted by Crippen LogP contribution is -2.47. The van der Waals surface area contributed by atoms with E-state index in [4.69, 9.17) is 11.0 Å². The normalized spacial score (nSPS) is 23.5. The van der Waals surface area contributed by atoms with E-state index in [9.17, 15) is 9.59 Å². The number of anilines is 1. The fourth-order valence-corrected chi connectivity index (χ4v) is 4.89. The highest BCUT2D eigenvalue weighted by molar-refractivity contribution is 5.96. The van der Waals surface area contributed by atoms with Crippen LogP contribution in [0.3, 0.4) is 0 Å². The van der Waals surface area contributed by atoms with Crippen LogP contribution < -0.4 is 10.6 Å². The van der Waals surface area contributed by atoms with Crippen LogP contribution >= 0.6 is 0 Å². The van der Waals surface area contributed by atoms with Gasteiger partial charge in [-0.3, -0.25) is 14.5 Å². The highest BCUT2D eigenvalue weighted by Gasteiger charge is 2.31. The van der Waals surface area contributed by atoms with Crippen LogP contribution in [0.2, 0.25) is 0 Å². The molecule has 1 saturated carbocycles. The van der Waals surface area contributed by atoms with E-state index in [-0.39, 0.29) is 11.7 Å². The monoisotopic (exact) mass is 410 g/mol. The third-order valence-electron chi connectivity index (χ3n) is 6.89. The number of benzene rings is 1. The van der Waals surface area contributed by atoms with Crippen LogP contribution in [0.1, 0.15) is 55.8 Å². The van der Waals surface area contributed by atoms with Crippen molar-refractivity contribution in [2.45, 2.75) is 45.4 Å². The number of hydrogen-bond donors (Lipinski definition) is 1. The van der Waals surface area contributed by atoms with Crippen LogP contribution in [0.4, 0.5) is 5.69 Å². The number of primary amides is 1. The first-order valence-electron chi connectivity index (χ1n) is 11.3. The van der Waals surface area contributed by atoms with E-state index in [0.29, 0.717) is 12.3 Å². The van der Waals surface area contributed by atoms with Gasteiger partial charge in [0.15, 0.2) is 5.78 Å². The number of carbonyl (C=O) groups is 2. The van der Waals surface area contributed by atoms with Gasteiger partial charge in [0.05, 0.1) is 6.07 Å². The summed E-state index contributed by atoms with van der Waals surface area (Å²) < 4.78 is 0. The number of hydrogen-bond acceptors (Lipinski definition) is 5. The van der Waals surface area contributed by atoms with Gasteiger partial charge in [-0.25, -0.2) is 0 Å². The summed E-state index contributed by atoms with van der Waals surface area (Å²) >= 11 is 0. The molecule has 6 heteroatoms. The van der Waals surface area contributed by atoms with Crippen LogP contribution in [0.25, 0.3) is 0 Å². The molecule has 1 aromatic carbocycles. The first-order valence-corrected chi connectivity index (χ1v) is 11.3. The van der Waals surface area contributed by atoms with E-state index in [1.165, 1.54) is 6.42 Å². The number of amides is 1. The van der Waals surface area contributed by atoms with Crippen molar-refractivity contribution in [1.82, 2.24) is 4.90 Å². The predicted octanol–water partition coefficient (Wildman–Crippen LogP) is 3.22. The van der Waals surface area contributed by atoms with Gasteiger partial charge >= 0.3 is 0 Å². The molecule has 1 aliphatic heterocycles. The molecule has 0 bridgehead atoms. The first-order chi connectivity index (χ1) is 14.5. The number of Topliss-reactive ketones (excluding diaryl/α,β-unsaturated/α-hetero) is 1. The fourth-order valence-electron chi connectivity index (χ4n) is 4.89. The molecular weight excluding hydrogens is 376 g/mol. The van der Waals surface area contributed by atoms with Crippen molar-refractivity contribution < 1.29 is 9.59 Å². The van der Waals surface area contributed by atoms with Gasteiger partial charge in [0.1, 0.15) is 5.92 Å². The smallest absolute Gasteiger partial charge is 0.235 e. The van der Waals surface area contributed by atoms with Crippen molar-refractivity contribution in [2.75, 3.05) is 37.6 Å². The fraction of sp³-hybridized carbons (Fsp3) is 0.625. The Bertz CT molecular complexity index is 772. The summed E-state index contributed by atoms with van der Waals surface area (Å²) in [5.41, 5.74) is 7.32. The molecule has 2 N–H and O–H groups in total. The Hall–Kier alpha value is -2.39. The van der Waals surface area contributed by atoms with Crippen LogP contribution in [0.15, 0.2) is 24.3 Å². The first kappa shape index (κ1) is 22.3. The summed E-state index contributed by atoms with van der Waals surface area (Å²) in [7, 11) is 0. The molecule has 30 heavy (non-hydrogen) atoms. The number of ketones is 1. The largest absolute Gasteiger partial charge is 0.369 e. The summed E-state index contributed by atoms with van der Waals surface area (Å²) in [6, 6.07) is 10.1. The van der Waals surface area contributed by atoms with Gasteiger partial charge in [-0.15, -0.1) is 0 Å². The van der Waals surface area contributed by atoms with Gasteiger partial charge in [0.25, 0.3) is 0 Å². The van der Waals surface area contributed by atoms with Gasteiger partial charge in [-0.05, 0) is 49.8 Å². The maximum absolute atomic E-state index is 12.0. The second-order valence-corrected chi connectivity index (χ2v) is 8.73. The summed E-state index contributed by atoms with van der Waals surface area (Å²) in [6.07, 6.45) is 5.78. The maximum Gasteiger partial charge on any atom is 0.235 e. The van der Waals surface area contributed by atoms with Crippen LogP contribution in [0, 0.1) is 29.1 Å². The second kappa shape index (κ2) is 10.6. The minimum absolute atomic E-state index is 0.141. The molecule has 1 unspecified atom stereocenters. The van der Waals surface area contributed by atoms with Gasteiger partial charge in [-0.1, -0.05) is 31.9 Å². The Balaban J connectivity index is 1.40. The van der Waals surface area contributed by atoms with Crippen molar-refractivity contribution in [3.8, 4) is 6.07 Å². The van der Waals surface area contributed by atoms with E-state index in [2.05, 4.69) is 21.9 Å². The molecule has 0 radical (unpaired) electrons. The number of piperazine rings is 1. The summed E-state index contributed by atoms with van der Waals surface area (Å²) in [4.78, 5) is 28.3. The Labute approximate surface area is 180 Å². The van der Waals surface area contributed by atoms with Crippen molar-refractivity contribution >= 4 is 17.4 Å². The van der Waals surface area contributed by atoms with E-state index in [1.54, 1.807) is 0 Å². The molecule has 1 saturated heterocycles. The number of carbonyl (C=O) groups excluding carboxylic acids is 2. The maximum atomic E-state index is 12.0. The van der Waals surface area contributed by atoms with E-state index < -0.39 is 11.8 Å². The van der Waals surface area contributed by atoms with Crippen molar-refractivity contribution in [1.29, 1.82) is 5.26 Å².